The van der Waals surface area contributed by atoms with Crippen LogP contribution in [0, 0.1) is 0 Å². The summed E-state index contributed by atoms with van der Waals surface area (Å²) in [6, 6.07) is -0.559. The first-order valence-corrected chi connectivity index (χ1v) is 27.1. The second kappa shape index (κ2) is 51.0. The second-order valence-electron chi connectivity index (χ2n) is 18.6. The van der Waals surface area contributed by atoms with Crippen molar-refractivity contribution in [2.45, 2.75) is 302 Å². The number of aliphatic hydroxyl groups excluding tert-OH is 2. The molecule has 0 rings (SSSR count). The third-order valence-corrected chi connectivity index (χ3v) is 12.5. The summed E-state index contributed by atoms with van der Waals surface area (Å²) in [6.07, 6.45) is 60.0. The molecule has 0 spiro atoms. The van der Waals surface area contributed by atoms with Crippen molar-refractivity contribution in [1.82, 2.24) is 5.32 Å². The van der Waals surface area contributed by atoms with Crippen LogP contribution in [0.4, 0.5) is 0 Å². The number of carbonyl (C=O) groups excluding carboxylic acids is 2. The van der Waals surface area contributed by atoms with Crippen LogP contribution >= 0.6 is 0 Å². The Morgan fingerprint density at radius 3 is 1.28 bits per heavy atom. The monoisotopic (exact) mass is 860 g/mol. The minimum absolute atomic E-state index is 0.0261. The SMILES string of the molecule is CCCCC/C=C\C/C=C\CCCCCCCCCC(=O)OCCCCCCCCCCCCC(=O)NC(CO)C(O)CCCCCCCCCCCCCCCCCCC. The highest BCUT2D eigenvalue weighted by Gasteiger charge is 2.20. The Hall–Kier alpha value is -1.66. The minimum Gasteiger partial charge on any atom is -0.466 e. The Morgan fingerprint density at radius 2 is 0.820 bits per heavy atom. The lowest BCUT2D eigenvalue weighted by Gasteiger charge is -2.22. The van der Waals surface area contributed by atoms with Gasteiger partial charge in [0.1, 0.15) is 0 Å². The molecule has 0 aromatic rings. The van der Waals surface area contributed by atoms with Crippen molar-refractivity contribution in [3.05, 3.63) is 24.3 Å². The van der Waals surface area contributed by atoms with Crippen LogP contribution in [0.5, 0.6) is 0 Å². The maximum atomic E-state index is 12.5. The number of amides is 1. The molecule has 0 aromatic carbocycles. The number of hydrogen-bond donors (Lipinski definition) is 3. The molecule has 360 valence electrons. The van der Waals surface area contributed by atoms with Gasteiger partial charge in [-0.05, 0) is 57.8 Å². The molecule has 0 fully saturated rings. The molecule has 6 nitrogen and oxygen atoms in total. The fourth-order valence-corrected chi connectivity index (χ4v) is 8.32. The van der Waals surface area contributed by atoms with Gasteiger partial charge in [0.25, 0.3) is 0 Å². The zero-order valence-corrected chi connectivity index (χ0v) is 40.9. The molecule has 0 saturated heterocycles. The predicted octanol–water partition coefficient (Wildman–Crippen LogP) is 16.3. The van der Waals surface area contributed by atoms with Gasteiger partial charge in [0.05, 0.1) is 25.4 Å². The van der Waals surface area contributed by atoms with Gasteiger partial charge in [-0.25, -0.2) is 0 Å². The van der Waals surface area contributed by atoms with Crippen molar-refractivity contribution < 1.29 is 24.5 Å². The van der Waals surface area contributed by atoms with Gasteiger partial charge in [0.15, 0.2) is 0 Å². The molecule has 0 aliphatic rings. The molecule has 0 bridgehead atoms. The molecule has 2 unspecified atom stereocenters. The van der Waals surface area contributed by atoms with Crippen LogP contribution in [-0.4, -0.2) is 47.4 Å². The molecule has 0 saturated carbocycles. The fraction of sp³-hybridized carbons (Fsp3) is 0.891. The van der Waals surface area contributed by atoms with E-state index in [2.05, 4.69) is 43.5 Å². The summed E-state index contributed by atoms with van der Waals surface area (Å²) in [5, 5.41) is 23.3. The van der Waals surface area contributed by atoms with E-state index < -0.39 is 12.1 Å². The topological polar surface area (TPSA) is 95.9 Å². The standard InChI is InChI=1S/C55H105NO5/c1-3-5-7-9-11-13-15-17-19-21-23-25-27-31-35-39-43-47-53(58)52(51-57)56-54(59)48-44-40-36-32-29-30-34-38-42-46-50-61-55(60)49-45-41-37-33-28-26-24-22-20-18-16-14-12-10-8-6-4-2/h12,14,18,20,52-53,57-58H,3-11,13,15-17,19,21-51H2,1-2H3,(H,56,59)/b14-12-,20-18-. The lowest BCUT2D eigenvalue weighted by molar-refractivity contribution is -0.143. The molecule has 0 heterocycles. The second-order valence-corrected chi connectivity index (χ2v) is 18.6. The van der Waals surface area contributed by atoms with Crippen molar-refractivity contribution in [2.75, 3.05) is 13.2 Å². The lowest BCUT2D eigenvalue weighted by atomic mass is 10.0. The molecule has 1 amide bonds. The number of allylic oxidation sites excluding steroid dienone is 4. The highest BCUT2D eigenvalue weighted by Crippen LogP contribution is 2.17. The van der Waals surface area contributed by atoms with Crippen LogP contribution in [0.1, 0.15) is 290 Å². The first-order chi connectivity index (χ1) is 30.0. The van der Waals surface area contributed by atoms with Gasteiger partial charge < -0.3 is 20.3 Å². The van der Waals surface area contributed by atoms with Gasteiger partial charge in [0, 0.05) is 12.8 Å². The van der Waals surface area contributed by atoms with E-state index in [9.17, 15) is 19.8 Å². The zero-order valence-electron chi connectivity index (χ0n) is 40.9. The zero-order chi connectivity index (χ0) is 44.4. The maximum Gasteiger partial charge on any atom is 0.305 e. The molecular weight excluding hydrogens is 755 g/mol. The molecule has 2 atom stereocenters. The van der Waals surface area contributed by atoms with Gasteiger partial charge >= 0.3 is 5.97 Å². The summed E-state index contributed by atoms with van der Waals surface area (Å²) in [5.74, 6) is -0.0830. The van der Waals surface area contributed by atoms with Crippen LogP contribution < -0.4 is 5.32 Å². The first-order valence-electron chi connectivity index (χ1n) is 27.1. The summed E-state index contributed by atoms with van der Waals surface area (Å²) in [5.41, 5.74) is 0. The van der Waals surface area contributed by atoms with Crippen LogP contribution in [0.3, 0.4) is 0 Å². The van der Waals surface area contributed by atoms with Gasteiger partial charge in [-0.1, -0.05) is 244 Å². The number of carbonyl (C=O) groups is 2. The lowest BCUT2D eigenvalue weighted by Crippen LogP contribution is -2.45. The fourth-order valence-electron chi connectivity index (χ4n) is 8.32. The number of esters is 1. The number of ether oxygens (including phenoxy) is 1. The van der Waals surface area contributed by atoms with E-state index in [0.29, 0.717) is 25.9 Å². The molecule has 0 aliphatic carbocycles. The van der Waals surface area contributed by atoms with Crippen LogP contribution in [-0.2, 0) is 14.3 Å². The van der Waals surface area contributed by atoms with Gasteiger partial charge in [-0.2, -0.15) is 0 Å². The van der Waals surface area contributed by atoms with Crippen molar-refractivity contribution in [3.8, 4) is 0 Å². The van der Waals surface area contributed by atoms with E-state index in [1.165, 1.54) is 193 Å². The van der Waals surface area contributed by atoms with Crippen molar-refractivity contribution >= 4 is 11.9 Å². The van der Waals surface area contributed by atoms with Crippen LogP contribution in [0.2, 0.25) is 0 Å². The van der Waals surface area contributed by atoms with Gasteiger partial charge in [-0.3, -0.25) is 9.59 Å². The highest BCUT2D eigenvalue weighted by molar-refractivity contribution is 5.76. The summed E-state index contributed by atoms with van der Waals surface area (Å²) >= 11 is 0. The van der Waals surface area contributed by atoms with E-state index in [1.54, 1.807) is 0 Å². The average molecular weight is 860 g/mol. The minimum atomic E-state index is -0.679. The van der Waals surface area contributed by atoms with E-state index >= 15 is 0 Å². The molecule has 0 aliphatic heterocycles. The van der Waals surface area contributed by atoms with E-state index in [0.717, 1.165) is 64.2 Å². The Morgan fingerprint density at radius 1 is 0.459 bits per heavy atom. The number of unbranched alkanes of at least 4 members (excludes halogenated alkanes) is 35. The number of aliphatic hydroxyl groups is 2. The number of rotatable bonds is 50. The molecule has 3 N–H and O–H groups in total. The summed E-state index contributed by atoms with van der Waals surface area (Å²) in [7, 11) is 0. The Kier molecular flexibility index (Phi) is 49.6. The molecule has 0 aromatic heterocycles. The molecule has 61 heavy (non-hydrogen) atoms. The Labute approximate surface area is 380 Å². The predicted molar refractivity (Wildman–Crippen MR) is 264 cm³/mol. The van der Waals surface area contributed by atoms with Gasteiger partial charge in [0.2, 0.25) is 5.91 Å². The maximum absolute atomic E-state index is 12.5. The van der Waals surface area contributed by atoms with Gasteiger partial charge in [-0.15, -0.1) is 0 Å². The van der Waals surface area contributed by atoms with Crippen LogP contribution in [0.25, 0.3) is 0 Å². The van der Waals surface area contributed by atoms with Crippen molar-refractivity contribution in [3.63, 3.8) is 0 Å². The van der Waals surface area contributed by atoms with Crippen LogP contribution in [0.15, 0.2) is 24.3 Å². The number of hydrogen-bond acceptors (Lipinski definition) is 5. The van der Waals surface area contributed by atoms with E-state index in [1.807, 2.05) is 0 Å². The quantitative estimate of drug-likeness (QED) is 0.0322. The molecular formula is C55H105NO5. The normalized spacial score (nSPS) is 12.8. The first kappa shape index (κ1) is 59.3. The smallest absolute Gasteiger partial charge is 0.305 e. The molecule has 0 radical (unpaired) electrons. The largest absolute Gasteiger partial charge is 0.466 e. The third kappa shape index (κ3) is 47.7. The van der Waals surface area contributed by atoms with E-state index in [-0.39, 0.29) is 18.5 Å². The van der Waals surface area contributed by atoms with Crippen molar-refractivity contribution in [2.24, 2.45) is 0 Å². The summed E-state index contributed by atoms with van der Waals surface area (Å²) in [4.78, 5) is 24.5. The Balaban J connectivity index is 3.48. The summed E-state index contributed by atoms with van der Waals surface area (Å²) in [6.45, 7) is 4.88. The average Bonchev–Trinajstić information content (AvgIpc) is 3.26. The molecule has 6 heteroatoms. The number of nitrogens with one attached hydrogen (secondary N) is 1. The van der Waals surface area contributed by atoms with E-state index in [4.69, 9.17) is 4.74 Å². The Bertz CT molecular complexity index is 951. The third-order valence-electron chi connectivity index (χ3n) is 12.5. The highest BCUT2D eigenvalue weighted by atomic mass is 16.5. The summed E-state index contributed by atoms with van der Waals surface area (Å²) < 4.78 is 5.46. The van der Waals surface area contributed by atoms with Crippen molar-refractivity contribution in [1.29, 1.82) is 0 Å².